The summed E-state index contributed by atoms with van der Waals surface area (Å²) in [4.78, 5) is 23.6. The Morgan fingerprint density at radius 3 is 2.48 bits per heavy atom. The van der Waals surface area contributed by atoms with Crippen LogP contribution in [-0.2, 0) is 22.9 Å². The van der Waals surface area contributed by atoms with E-state index in [-0.39, 0.29) is 18.8 Å². The Morgan fingerprint density at radius 2 is 1.70 bits per heavy atom. The summed E-state index contributed by atoms with van der Waals surface area (Å²) in [6, 6.07) is 8.88. The SMILES string of the molecule is O=C1N(Cc2ncccc2C(F)(F)F)c2cccnc2C12COc1cc3c(cc12)OCCO3. The predicted molar refractivity (Wildman–Crippen MR) is 108 cm³/mol. The fourth-order valence-electron chi connectivity index (χ4n) is 4.67. The first-order valence-electron chi connectivity index (χ1n) is 10.2. The van der Waals surface area contributed by atoms with Crippen LogP contribution in [0.4, 0.5) is 18.9 Å². The fourth-order valence-corrected chi connectivity index (χ4v) is 4.67. The first kappa shape index (κ1) is 19.8. The van der Waals surface area contributed by atoms with Crippen molar-refractivity contribution in [2.24, 2.45) is 0 Å². The molecule has 1 spiro atoms. The predicted octanol–water partition coefficient (Wildman–Crippen LogP) is 3.49. The number of fused-ring (bicyclic) bond motifs is 5. The number of aromatic nitrogens is 2. The number of ether oxygens (including phenoxy) is 3. The highest BCUT2D eigenvalue weighted by Gasteiger charge is 2.58. The molecule has 33 heavy (non-hydrogen) atoms. The van der Waals surface area contributed by atoms with E-state index in [9.17, 15) is 18.0 Å². The van der Waals surface area contributed by atoms with E-state index in [1.165, 1.54) is 17.2 Å². The van der Waals surface area contributed by atoms with Crippen molar-refractivity contribution in [1.29, 1.82) is 0 Å². The van der Waals surface area contributed by atoms with Gasteiger partial charge in [0.25, 0.3) is 0 Å². The number of pyridine rings is 2. The number of amides is 1. The minimum atomic E-state index is -4.60. The lowest BCUT2D eigenvalue weighted by atomic mass is 9.79. The monoisotopic (exact) mass is 455 g/mol. The first-order chi connectivity index (χ1) is 15.9. The van der Waals surface area contributed by atoms with Gasteiger partial charge in [-0.05, 0) is 30.3 Å². The van der Waals surface area contributed by atoms with Gasteiger partial charge in [0.1, 0.15) is 25.6 Å². The van der Waals surface area contributed by atoms with Gasteiger partial charge in [-0.1, -0.05) is 0 Å². The van der Waals surface area contributed by atoms with Crippen molar-refractivity contribution < 1.29 is 32.2 Å². The van der Waals surface area contributed by atoms with Gasteiger partial charge < -0.3 is 19.1 Å². The minimum absolute atomic E-state index is 0.0288. The molecule has 0 bridgehead atoms. The smallest absolute Gasteiger partial charge is 0.418 e. The molecule has 1 aromatic carbocycles. The van der Waals surface area contributed by atoms with E-state index in [0.29, 0.717) is 47.4 Å². The Morgan fingerprint density at radius 1 is 0.970 bits per heavy atom. The van der Waals surface area contributed by atoms with Crippen LogP contribution in [-0.4, -0.2) is 35.7 Å². The van der Waals surface area contributed by atoms with Crippen molar-refractivity contribution in [2.45, 2.75) is 18.1 Å². The highest BCUT2D eigenvalue weighted by Crippen LogP contribution is 2.54. The molecule has 6 rings (SSSR count). The summed E-state index contributed by atoms with van der Waals surface area (Å²) in [5, 5.41) is 0. The van der Waals surface area contributed by atoms with E-state index >= 15 is 0 Å². The Hall–Kier alpha value is -3.82. The van der Waals surface area contributed by atoms with E-state index in [1.807, 2.05) is 0 Å². The Bertz CT molecular complexity index is 1300. The summed E-state index contributed by atoms with van der Waals surface area (Å²) in [7, 11) is 0. The zero-order chi connectivity index (χ0) is 22.8. The summed E-state index contributed by atoms with van der Waals surface area (Å²) in [6.07, 6.45) is -1.76. The van der Waals surface area contributed by atoms with E-state index in [0.717, 1.165) is 6.07 Å². The molecule has 1 amide bonds. The summed E-state index contributed by atoms with van der Waals surface area (Å²) in [5.74, 6) is 1.03. The lowest BCUT2D eigenvalue weighted by Crippen LogP contribution is -2.42. The van der Waals surface area contributed by atoms with Gasteiger partial charge in [0.2, 0.25) is 5.91 Å². The Kier molecular flexibility index (Phi) is 4.11. The van der Waals surface area contributed by atoms with Crippen molar-refractivity contribution in [3.05, 3.63) is 71.3 Å². The Balaban J connectivity index is 1.48. The molecule has 0 saturated heterocycles. The molecule has 7 nitrogen and oxygen atoms in total. The molecule has 3 aromatic rings. The molecule has 168 valence electrons. The third-order valence-electron chi connectivity index (χ3n) is 6.14. The summed E-state index contributed by atoms with van der Waals surface area (Å²) in [5.41, 5.74) is -1.02. The van der Waals surface area contributed by atoms with Crippen LogP contribution in [0.3, 0.4) is 0 Å². The zero-order valence-corrected chi connectivity index (χ0v) is 17.1. The van der Waals surface area contributed by atoms with Gasteiger partial charge in [-0.3, -0.25) is 14.8 Å². The van der Waals surface area contributed by atoms with Crippen LogP contribution in [0.15, 0.2) is 48.8 Å². The van der Waals surface area contributed by atoms with Crippen LogP contribution in [0, 0.1) is 0 Å². The Labute approximate surface area is 185 Å². The molecular weight excluding hydrogens is 439 g/mol. The standard InChI is InChI=1S/C23H16F3N3O4/c24-23(25,26)13-3-1-5-27-15(13)11-29-16-4-2-6-28-20(16)22(21(29)30)12-33-17-10-19-18(9-14(17)22)31-7-8-32-19/h1-6,9-10H,7-8,11-12H2. The van der Waals surface area contributed by atoms with Gasteiger partial charge >= 0.3 is 6.18 Å². The summed E-state index contributed by atoms with van der Waals surface area (Å²) >= 11 is 0. The van der Waals surface area contributed by atoms with Crippen LogP contribution in [0.5, 0.6) is 17.2 Å². The molecular formula is C23H16F3N3O4. The number of alkyl halides is 3. The number of rotatable bonds is 2. The van der Waals surface area contributed by atoms with Gasteiger partial charge in [0.05, 0.1) is 29.2 Å². The topological polar surface area (TPSA) is 73.8 Å². The van der Waals surface area contributed by atoms with Crippen LogP contribution in [0.25, 0.3) is 0 Å². The van der Waals surface area contributed by atoms with Gasteiger partial charge in [-0.25, -0.2) is 0 Å². The number of halogens is 3. The molecule has 2 aromatic heterocycles. The maximum atomic E-state index is 13.9. The molecule has 1 atom stereocenters. The summed E-state index contributed by atoms with van der Waals surface area (Å²) < 4.78 is 57.9. The quantitative estimate of drug-likeness (QED) is 0.589. The number of carbonyl (C=O) groups excluding carboxylic acids is 1. The van der Waals surface area contributed by atoms with Gasteiger partial charge in [0.15, 0.2) is 16.9 Å². The third-order valence-corrected chi connectivity index (χ3v) is 6.14. The van der Waals surface area contributed by atoms with Crippen LogP contribution >= 0.6 is 0 Å². The highest BCUT2D eigenvalue weighted by molar-refractivity contribution is 6.10. The largest absolute Gasteiger partial charge is 0.491 e. The van der Waals surface area contributed by atoms with Gasteiger partial charge in [-0.15, -0.1) is 0 Å². The number of benzene rings is 1. The van der Waals surface area contributed by atoms with Crippen molar-refractivity contribution in [2.75, 3.05) is 24.7 Å². The van der Waals surface area contributed by atoms with E-state index in [1.54, 1.807) is 30.5 Å². The number of anilines is 1. The summed E-state index contributed by atoms with van der Waals surface area (Å²) in [6.45, 7) is 0.391. The molecule has 0 N–H and O–H groups in total. The minimum Gasteiger partial charge on any atom is -0.491 e. The second-order valence-electron chi connectivity index (χ2n) is 7.94. The highest BCUT2D eigenvalue weighted by atomic mass is 19.4. The molecule has 5 heterocycles. The maximum Gasteiger partial charge on any atom is 0.418 e. The lowest BCUT2D eigenvalue weighted by Gasteiger charge is -2.24. The number of hydrogen-bond donors (Lipinski definition) is 0. The molecule has 0 saturated carbocycles. The second-order valence-corrected chi connectivity index (χ2v) is 7.94. The average molecular weight is 455 g/mol. The lowest BCUT2D eigenvalue weighted by molar-refractivity contribution is -0.138. The fraction of sp³-hybridized carbons (Fsp3) is 0.261. The number of hydrogen-bond acceptors (Lipinski definition) is 6. The van der Waals surface area contributed by atoms with Crippen molar-refractivity contribution in [1.82, 2.24) is 9.97 Å². The molecule has 3 aliphatic heterocycles. The van der Waals surface area contributed by atoms with Crippen molar-refractivity contribution in [3.8, 4) is 17.2 Å². The number of carbonyl (C=O) groups is 1. The molecule has 1 unspecified atom stereocenters. The maximum absolute atomic E-state index is 13.9. The van der Waals surface area contributed by atoms with Gasteiger partial charge in [-0.2, -0.15) is 13.2 Å². The van der Waals surface area contributed by atoms with Crippen LogP contribution in [0.2, 0.25) is 0 Å². The van der Waals surface area contributed by atoms with E-state index < -0.39 is 23.1 Å². The molecule has 3 aliphatic rings. The molecule has 10 heteroatoms. The van der Waals surface area contributed by atoms with Crippen LogP contribution < -0.4 is 19.1 Å². The number of nitrogens with zero attached hydrogens (tertiary/aromatic N) is 3. The van der Waals surface area contributed by atoms with Crippen molar-refractivity contribution in [3.63, 3.8) is 0 Å². The van der Waals surface area contributed by atoms with Gasteiger partial charge in [0, 0.05) is 24.0 Å². The molecule has 0 aliphatic carbocycles. The average Bonchev–Trinajstić information content (AvgIpc) is 3.29. The van der Waals surface area contributed by atoms with Crippen LogP contribution in [0.1, 0.15) is 22.5 Å². The third kappa shape index (κ3) is 2.79. The molecule has 0 radical (unpaired) electrons. The normalized spacial score (nSPS) is 20.6. The van der Waals surface area contributed by atoms with E-state index in [4.69, 9.17) is 14.2 Å². The van der Waals surface area contributed by atoms with Crippen molar-refractivity contribution >= 4 is 11.6 Å². The zero-order valence-electron chi connectivity index (χ0n) is 17.1. The van der Waals surface area contributed by atoms with E-state index in [2.05, 4.69) is 9.97 Å². The molecule has 0 fully saturated rings. The first-order valence-corrected chi connectivity index (χ1v) is 10.2. The second kappa shape index (κ2) is 6.84.